The second kappa shape index (κ2) is 3.91. The second-order valence-corrected chi connectivity index (χ2v) is 2.84. The molecule has 0 aromatic rings. The van der Waals surface area contributed by atoms with Gasteiger partial charge in [0.2, 0.25) is 0 Å². The molecule has 0 fully saturated rings. The molecule has 64 valence electrons. The molecule has 0 amide bonds. The molecule has 1 atom stereocenters. The van der Waals surface area contributed by atoms with E-state index in [4.69, 9.17) is 5.26 Å². The highest BCUT2D eigenvalue weighted by atomic mass is 16.5. The molecule has 12 heavy (non-hydrogen) atoms. The van der Waals surface area contributed by atoms with Crippen LogP contribution in [0.2, 0.25) is 0 Å². The van der Waals surface area contributed by atoms with E-state index in [1.54, 1.807) is 0 Å². The van der Waals surface area contributed by atoms with Crippen molar-refractivity contribution in [1.29, 1.82) is 5.26 Å². The molecule has 0 bridgehead atoms. The minimum atomic E-state index is -0.198. The summed E-state index contributed by atoms with van der Waals surface area (Å²) in [5, 5.41) is 8.59. The van der Waals surface area contributed by atoms with E-state index in [0.717, 1.165) is 12.8 Å². The molecule has 1 aliphatic carbocycles. The molecule has 0 heterocycles. The summed E-state index contributed by atoms with van der Waals surface area (Å²) in [5.41, 5.74) is 0.705. The fourth-order valence-corrected chi connectivity index (χ4v) is 1.37. The number of nitriles is 1. The van der Waals surface area contributed by atoms with E-state index in [0.29, 0.717) is 12.0 Å². The molecule has 0 saturated heterocycles. The van der Waals surface area contributed by atoms with Crippen molar-refractivity contribution in [2.45, 2.75) is 19.3 Å². The third-order valence-electron chi connectivity index (χ3n) is 2.05. The highest BCUT2D eigenvalue weighted by Crippen LogP contribution is 2.24. The molecule has 0 aromatic heterocycles. The van der Waals surface area contributed by atoms with Gasteiger partial charge in [-0.15, -0.1) is 0 Å². The Morgan fingerprint density at radius 1 is 1.83 bits per heavy atom. The van der Waals surface area contributed by atoms with Gasteiger partial charge in [0, 0.05) is 5.57 Å². The maximum atomic E-state index is 11.1. The van der Waals surface area contributed by atoms with Crippen LogP contribution in [0.5, 0.6) is 0 Å². The zero-order valence-corrected chi connectivity index (χ0v) is 7.04. The summed E-state index contributed by atoms with van der Waals surface area (Å²) >= 11 is 0. The maximum absolute atomic E-state index is 11.1. The number of esters is 1. The smallest absolute Gasteiger partial charge is 0.309 e. The van der Waals surface area contributed by atoms with Crippen molar-refractivity contribution in [3.05, 3.63) is 11.6 Å². The van der Waals surface area contributed by atoms with Crippen LogP contribution in [-0.2, 0) is 9.53 Å². The predicted molar refractivity (Wildman–Crippen MR) is 43.1 cm³/mol. The number of methoxy groups -OCH3 is 1. The molecule has 0 radical (unpaired) electrons. The van der Waals surface area contributed by atoms with Crippen LogP contribution in [0, 0.1) is 17.2 Å². The van der Waals surface area contributed by atoms with Crippen molar-refractivity contribution < 1.29 is 9.53 Å². The summed E-state index contributed by atoms with van der Waals surface area (Å²) in [7, 11) is 1.38. The highest BCUT2D eigenvalue weighted by Gasteiger charge is 2.22. The number of hydrogen-bond donors (Lipinski definition) is 0. The Morgan fingerprint density at radius 3 is 3.17 bits per heavy atom. The minimum Gasteiger partial charge on any atom is -0.469 e. The lowest BCUT2D eigenvalue weighted by Crippen LogP contribution is -2.18. The molecular weight excluding hydrogens is 154 g/mol. The summed E-state index contributed by atoms with van der Waals surface area (Å²) in [6, 6.07) is 2.07. The van der Waals surface area contributed by atoms with Crippen molar-refractivity contribution in [3.63, 3.8) is 0 Å². The number of rotatable bonds is 1. The van der Waals surface area contributed by atoms with Gasteiger partial charge in [0.15, 0.2) is 0 Å². The van der Waals surface area contributed by atoms with Gasteiger partial charge < -0.3 is 4.74 Å². The fourth-order valence-electron chi connectivity index (χ4n) is 1.37. The fraction of sp³-hybridized carbons (Fsp3) is 0.556. The van der Waals surface area contributed by atoms with Gasteiger partial charge in [0.25, 0.3) is 0 Å². The van der Waals surface area contributed by atoms with Crippen molar-refractivity contribution >= 4 is 5.97 Å². The van der Waals surface area contributed by atoms with Crippen molar-refractivity contribution in [2.24, 2.45) is 5.92 Å². The molecule has 1 aliphatic rings. The lowest BCUT2D eigenvalue weighted by molar-refractivity contribution is -0.145. The lowest BCUT2D eigenvalue weighted by atomic mass is 9.89. The molecule has 0 N–H and O–H groups in total. The van der Waals surface area contributed by atoms with Crippen molar-refractivity contribution in [1.82, 2.24) is 0 Å². The van der Waals surface area contributed by atoms with Gasteiger partial charge in [0.1, 0.15) is 0 Å². The summed E-state index contributed by atoms with van der Waals surface area (Å²) in [5.74, 6) is -0.300. The molecule has 0 aromatic carbocycles. The third kappa shape index (κ3) is 1.85. The zero-order valence-electron chi connectivity index (χ0n) is 7.04. The predicted octanol–water partition coefficient (Wildman–Crippen LogP) is 1.41. The van der Waals surface area contributed by atoms with Gasteiger partial charge in [-0.05, 0) is 19.3 Å². The number of ether oxygens (including phenoxy) is 1. The van der Waals surface area contributed by atoms with Gasteiger partial charge in [-0.2, -0.15) is 5.26 Å². The molecular formula is C9H11NO2. The molecule has 1 rings (SSSR count). The normalized spacial score (nSPS) is 22.3. The van der Waals surface area contributed by atoms with Crippen LogP contribution in [0.4, 0.5) is 0 Å². The summed E-state index contributed by atoms with van der Waals surface area (Å²) in [4.78, 5) is 11.1. The number of carbonyl (C=O) groups is 1. The van der Waals surface area contributed by atoms with Gasteiger partial charge in [-0.3, -0.25) is 4.79 Å². The topological polar surface area (TPSA) is 50.1 Å². The first-order valence-electron chi connectivity index (χ1n) is 3.95. The highest BCUT2D eigenvalue weighted by molar-refractivity contribution is 5.73. The Labute approximate surface area is 71.6 Å². The zero-order chi connectivity index (χ0) is 8.97. The average molecular weight is 165 g/mol. The Balaban J connectivity index is 2.58. The number of nitrogens with zero attached hydrogens (tertiary/aromatic N) is 1. The summed E-state index contributed by atoms with van der Waals surface area (Å²) in [6.07, 6.45) is 4.04. The second-order valence-electron chi connectivity index (χ2n) is 2.84. The third-order valence-corrected chi connectivity index (χ3v) is 2.05. The molecule has 1 unspecified atom stereocenters. The Morgan fingerprint density at radius 2 is 2.58 bits per heavy atom. The van der Waals surface area contributed by atoms with Crippen molar-refractivity contribution in [2.75, 3.05) is 7.11 Å². The van der Waals surface area contributed by atoms with E-state index in [2.05, 4.69) is 10.8 Å². The van der Waals surface area contributed by atoms with Gasteiger partial charge in [0.05, 0.1) is 19.1 Å². The standard InChI is InChI=1S/C9H11NO2/c1-12-9(11)8-4-2-3-7(5-8)6-10/h3,8H,2,4-5H2,1H3. The average Bonchev–Trinajstić information content (AvgIpc) is 2.17. The first kappa shape index (κ1) is 8.79. The van der Waals surface area contributed by atoms with E-state index in [-0.39, 0.29) is 11.9 Å². The quantitative estimate of drug-likeness (QED) is 0.552. The molecule has 3 nitrogen and oxygen atoms in total. The Kier molecular flexibility index (Phi) is 2.87. The Bertz CT molecular complexity index is 250. The van der Waals surface area contributed by atoms with Crippen LogP contribution < -0.4 is 0 Å². The van der Waals surface area contributed by atoms with Crippen LogP contribution >= 0.6 is 0 Å². The van der Waals surface area contributed by atoms with E-state index in [1.165, 1.54) is 7.11 Å². The van der Waals surface area contributed by atoms with Crippen LogP contribution in [0.3, 0.4) is 0 Å². The van der Waals surface area contributed by atoms with Crippen LogP contribution in [0.1, 0.15) is 19.3 Å². The number of allylic oxidation sites excluding steroid dienone is 2. The monoisotopic (exact) mass is 165 g/mol. The van der Waals surface area contributed by atoms with E-state index >= 15 is 0 Å². The van der Waals surface area contributed by atoms with E-state index in [9.17, 15) is 4.79 Å². The van der Waals surface area contributed by atoms with Crippen molar-refractivity contribution in [3.8, 4) is 6.07 Å². The number of carbonyl (C=O) groups excluding carboxylic acids is 1. The van der Waals surface area contributed by atoms with Crippen LogP contribution in [0.15, 0.2) is 11.6 Å². The SMILES string of the molecule is COC(=O)C1CCC=C(C#N)C1. The molecule has 0 spiro atoms. The van der Waals surface area contributed by atoms with E-state index < -0.39 is 0 Å². The molecule has 0 aliphatic heterocycles. The number of hydrogen-bond acceptors (Lipinski definition) is 3. The molecule has 0 saturated carbocycles. The maximum Gasteiger partial charge on any atom is 0.309 e. The van der Waals surface area contributed by atoms with Gasteiger partial charge >= 0.3 is 5.97 Å². The first-order chi connectivity index (χ1) is 5.77. The van der Waals surface area contributed by atoms with Crippen LogP contribution in [0.25, 0.3) is 0 Å². The lowest BCUT2D eigenvalue weighted by Gasteiger charge is -2.16. The summed E-state index contributed by atoms with van der Waals surface area (Å²) < 4.78 is 4.61. The van der Waals surface area contributed by atoms with E-state index in [1.807, 2.05) is 6.08 Å². The first-order valence-corrected chi connectivity index (χ1v) is 3.95. The minimum absolute atomic E-state index is 0.102. The van der Waals surface area contributed by atoms with Gasteiger partial charge in [-0.25, -0.2) is 0 Å². The van der Waals surface area contributed by atoms with Gasteiger partial charge in [-0.1, -0.05) is 6.08 Å². The van der Waals surface area contributed by atoms with Crippen LogP contribution in [-0.4, -0.2) is 13.1 Å². The Hall–Kier alpha value is -1.30. The summed E-state index contributed by atoms with van der Waals surface area (Å²) in [6.45, 7) is 0. The molecule has 3 heteroatoms. The largest absolute Gasteiger partial charge is 0.469 e.